The van der Waals surface area contributed by atoms with E-state index in [1.807, 2.05) is 6.92 Å². The zero-order chi connectivity index (χ0) is 21.1. The lowest BCUT2D eigenvalue weighted by molar-refractivity contribution is -0.178. The second kappa shape index (κ2) is 9.27. The number of carbonyl (C=O) groups is 1. The number of alkyl halides is 3. The first-order valence-electron chi connectivity index (χ1n) is 11.0. The molecule has 166 valence electrons. The topological polar surface area (TPSA) is 44.8 Å². The molecule has 7 heteroatoms. The van der Waals surface area contributed by atoms with Crippen molar-refractivity contribution in [1.29, 1.82) is 0 Å². The highest BCUT2D eigenvalue weighted by Crippen LogP contribution is 2.53. The number of halogens is 3. The van der Waals surface area contributed by atoms with Crippen molar-refractivity contribution in [2.24, 2.45) is 17.8 Å². The van der Waals surface area contributed by atoms with E-state index >= 15 is 0 Å². The Kier molecular flexibility index (Phi) is 7.18. The van der Waals surface area contributed by atoms with Crippen molar-refractivity contribution in [3.63, 3.8) is 0 Å². The summed E-state index contributed by atoms with van der Waals surface area (Å²) < 4.78 is 58.2. The Labute approximate surface area is 171 Å². The summed E-state index contributed by atoms with van der Waals surface area (Å²) in [4.78, 5) is 12.1. The van der Waals surface area contributed by atoms with Crippen molar-refractivity contribution >= 4 is 5.97 Å². The lowest BCUT2D eigenvalue weighted by atomic mass is 9.87. The molecule has 29 heavy (non-hydrogen) atoms. The quantitative estimate of drug-likeness (QED) is 0.363. The molecule has 1 aliphatic carbocycles. The van der Waals surface area contributed by atoms with Gasteiger partial charge < -0.3 is 14.2 Å². The zero-order valence-electron chi connectivity index (χ0n) is 17.4. The molecule has 0 aromatic rings. The van der Waals surface area contributed by atoms with E-state index in [-0.39, 0.29) is 24.7 Å². The van der Waals surface area contributed by atoms with E-state index in [0.717, 1.165) is 25.7 Å². The highest BCUT2D eigenvalue weighted by molar-refractivity contribution is 5.74. The Hall–Kier alpha value is -1.24. The van der Waals surface area contributed by atoms with Crippen molar-refractivity contribution in [2.75, 3.05) is 6.61 Å². The van der Waals surface area contributed by atoms with Crippen LogP contribution in [-0.4, -0.2) is 30.6 Å². The van der Waals surface area contributed by atoms with Crippen molar-refractivity contribution < 1.29 is 32.2 Å². The molecule has 2 aliphatic heterocycles. The minimum Gasteiger partial charge on any atom is -0.465 e. The van der Waals surface area contributed by atoms with Gasteiger partial charge in [0.1, 0.15) is 5.76 Å². The summed E-state index contributed by atoms with van der Waals surface area (Å²) in [5, 5.41) is 0. The molecular formula is C22H33F3O4. The summed E-state index contributed by atoms with van der Waals surface area (Å²) in [6.45, 7) is 4.55. The predicted octanol–water partition coefficient (Wildman–Crippen LogP) is 5.90. The molecule has 2 saturated heterocycles. The molecule has 0 amide bonds. The van der Waals surface area contributed by atoms with Gasteiger partial charge in [0.05, 0.1) is 18.9 Å². The molecule has 0 bridgehead atoms. The molecule has 1 unspecified atom stereocenters. The lowest BCUT2D eigenvalue weighted by Gasteiger charge is -2.34. The second-order valence-electron chi connectivity index (χ2n) is 8.91. The van der Waals surface area contributed by atoms with Crippen molar-refractivity contribution in [3.8, 4) is 0 Å². The average molecular weight is 418 g/mol. The normalized spacial score (nSPS) is 34.0. The summed E-state index contributed by atoms with van der Waals surface area (Å²) in [6.07, 6.45) is 2.29. The molecule has 0 N–H and O–H groups in total. The number of hydrogen-bond acceptors (Lipinski definition) is 4. The smallest absolute Gasteiger partial charge is 0.392 e. The Balaban J connectivity index is 1.85. The predicted molar refractivity (Wildman–Crippen MR) is 102 cm³/mol. The van der Waals surface area contributed by atoms with Crippen LogP contribution in [0.3, 0.4) is 0 Å². The van der Waals surface area contributed by atoms with Gasteiger partial charge in [0, 0.05) is 12.3 Å². The van der Waals surface area contributed by atoms with Crippen molar-refractivity contribution in [3.05, 3.63) is 11.8 Å². The molecule has 0 aromatic heterocycles. The molecule has 0 spiro atoms. The van der Waals surface area contributed by atoms with Crippen LogP contribution < -0.4 is 0 Å². The van der Waals surface area contributed by atoms with Crippen LogP contribution in [0.1, 0.15) is 78.1 Å². The van der Waals surface area contributed by atoms with E-state index in [1.54, 1.807) is 6.08 Å². The summed E-state index contributed by atoms with van der Waals surface area (Å²) in [7, 11) is 0. The first-order chi connectivity index (χ1) is 13.7. The Morgan fingerprint density at radius 1 is 1.38 bits per heavy atom. The van der Waals surface area contributed by atoms with E-state index in [0.29, 0.717) is 44.0 Å². The van der Waals surface area contributed by atoms with Gasteiger partial charge in [-0.1, -0.05) is 26.7 Å². The largest absolute Gasteiger partial charge is 0.465 e. The van der Waals surface area contributed by atoms with Crippen LogP contribution in [0.15, 0.2) is 11.8 Å². The Bertz CT molecular complexity index is 597. The summed E-state index contributed by atoms with van der Waals surface area (Å²) in [5.74, 6) is -1.04. The van der Waals surface area contributed by atoms with Gasteiger partial charge in [0.25, 0.3) is 0 Å². The number of allylic oxidation sites excluding steroid dienone is 1. The molecule has 3 fully saturated rings. The molecule has 2 heterocycles. The van der Waals surface area contributed by atoms with Crippen LogP contribution in [0, 0.1) is 17.8 Å². The number of ether oxygens (including phenoxy) is 3. The van der Waals surface area contributed by atoms with E-state index in [9.17, 15) is 18.0 Å². The van der Waals surface area contributed by atoms with Crippen LogP contribution in [0.25, 0.3) is 0 Å². The highest BCUT2D eigenvalue weighted by Gasteiger charge is 2.58. The zero-order valence-corrected chi connectivity index (χ0v) is 17.4. The Morgan fingerprint density at radius 3 is 2.83 bits per heavy atom. The van der Waals surface area contributed by atoms with Gasteiger partial charge in [-0.3, -0.25) is 4.79 Å². The number of unbranched alkanes of at least 4 members (excludes halogenated alkanes) is 1. The number of esters is 1. The van der Waals surface area contributed by atoms with Crippen LogP contribution in [-0.2, 0) is 19.0 Å². The highest BCUT2D eigenvalue weighted by atomic mass is 19.4. The van der Waals surface area contributed by atoms with Gasteiger partial charge in [-0.2, -0.15) is 13.2 Å². The SMILES string of the molecule is CCCC[C@@H](CC=C(OC1CCCCO1)[C@@]12C[C@@H](C)C[C@H]1CC(=O)O2)C(F)(F)F. The molecule has 3 rings (SSSR count). The second-order valence-corrected chi connectivity index (χ2v) is 8.91. The maximum atomic E-state index is 13.5. The number of fused-ring (bicyclic) bond motifs is 1. The average Bonchev–Trinajstić information content (AvgIpc) is 3.11. The van der Waals surface area contributed by atoms with Gasteiger partial charge in [0.15, 0.2) is 11.9 Å². The van der Waals surface area contributed by atoms with Crippen LogP contribution in [0.4, 0.5) is 13.2 Å². The number of rotatable bonds is 8. The molecule has 1 saturated carbocycles. The minimum atomic E-state index is -4.26. The summed E-state index contributed by atoms with van der Waals surface area (Å²) >= 11 is 0. The number of hydrogen-bond donors (Lipinski definition) is 0. The van der Waals surface area contributed by atoms with Crippen molar-refractivity contribution in [2.45, 2.75) is 96.1 Å². The third-order valence-corrected chi connectivity index (χ3v) is 6.48. The van der Waals surface area contributed by atoms with Gasteiger partial charge in [-0.05, 0) is 50.5 Å². The van der Waals surface area contributed by atoms with Crippen molar-refractivity contribution in [1.82, 2.24) is 0 Å². The van der Waals surface area contributed by atoms with Crippen LogP contribution in [0.2, 0.25) is 0 Å². The van der Waals surface area contributed by atoms with Gasteiger partial charge in [-0.15, -0.1) is 0 Å². The molecule has 0 aromatic carbocycles. The fourth-order valence-electron chi connectivity index (χ4n) is 5.00. The van der Waals surface area contributed by atoms with Gasteiger partial charge >= 0.3 is 12.1 Å². The molecule has 0 radical (unpaired) electrons. The van der Waals surface area contributed by atoms with Crippen LogP contribution in [0.5, 0.6) is 0 Å². The summed E-state index contributed by atoms with van der Waals surface area (Å²) in [6, 6.07) is 0. The van der Waals surface area contributed by atoms with E-state index < -0.39 is 24.0 Å². The lowest BCUT2D eigenvalue weighted by Crippen LogP contribution is -2.38. The van der Waals surface area contributed by atoms with Gasteiger partial charge in [0.2, 0.25) is 0 Å². The van der Waals surface area contributed by atoms with E-state index in [2.05, 4.69) is 6.92 Å². The molecule has 3 aliphatic rings. The first-order valence-corrected chi connectivity index (χ1v) is 11.0. The molecule has 4 nitrogen and oxygen atoms in total. The molecule has 5 atom stereocenters. The third-order valence-electron chi connectivity index (χ3n) is 6.48. The fraction of sp³-hybridized carbons (Fsp3) is 0.864. The van der Waals surface area contributed by atoms with E-state index in [4.69, 9.17) is 14.2 Å². The van der Waals surface area contributed by atoms with E-state index in [1.165, 1.54) is 0 Å². The maximum absolute atomic E-state index is 13.5. The number of carbonyl (C=O) groups excluding carboxylic acids is 1. The Morgan fingerprint density at radius 2 is 2.17 bits per heavy atom. The standard InChI is InChI=1S/C22H33F3O4/c1-3-4-7-16(22(23,24)25)9-10-18(28-20-8-5-6-11-27-20)21-14-15(2)12-17(21)13-19(26)29-21/h10,15-17,20H,3-9,11-14H2,1-2H3/t15-,16-,17-,20?,21+/m0/s1. The fourth-order valence-corrected chi connectivity index (χ4v) is 5.00. The van der Waals surface area contributed by atoms with Crippen LogP contribution >= 0.6 is 0 Å². The minimum absolute atomic E-state index is 0.0418. The third kappa shape index (κ3) is 5.28. The first kappa shape index (κ1) is 22.4. The summed E-state index contributed by atoms with van der Waals surface area (Å²) in [5.41, 5.74) is -0.932. The maximum Gasteiger partial charge on any atom is 0.392 e. The monoisotopic (exact) mass is 418 g/mol. The van der Waals surface area contributed by atoms with Gasteiger partial charge in [-0.25, -0.2) is 0 Å². The molecular weight excluding hydrogens is 385 g/mol.